The number of carboxylic acids is 1. The van der Waals surface area contributed by atoms with E-state index >= 15 is 0 Å². The highest BCUT2D eigenvalue weighted by atomic mass is 16.5. The molecule has 74 valence electrons. The SMILES string of the molecule is COC(=O)C(C(C)=O)C(C)C(=O)O. The van der Waals surface area contributed by atoms with Crippen LogP contribution in [0.1, 0.15) is 13.8 Å². The average Bonchev–Trinajstić information content (AvgIpc) is 2.03. The van der Waals surface area contributed by atoms with Gasteiger partial charge in [0.05, 0.1) is 13.0 Å². The molecule has 0 aliphatic rings. The molecule has 0 bridgehead atoms. The number of carbonyl (C=O) groups excluding carboxylic acids is 2. The summed E-state index contributed by atoms with van der Waals surface area (Å²) in [5.74, 6) is -4.75. The van der Waals surface area contributed by atoms with Gasteiger partial charge in [-0.05, 0) is 6.92 Å². The van der Waals surface area contributed by atoms with Crippen LogP contribution < -0.4 is 0 Å². The number of ketones is 1. The molecule has 5 nitrogen and oxygen atoms in total. The minimum atomic E-state index is -1.21. The normalized spacial score (nSPS) is 14.4. The van der Waals surface area contributed by atoms with Gasteiger partial charge in [0.1, 0.15) is 11.7 Å². The maximum atomic E-state index is 11.0. The van der Waals surface area contributed by atoms with Gasteiger partial charge in [0, 0.05) is 0 Å². The zero-order valence-corrected chi connectivity index (χ0v) is 7.73. The van der Waals surface area contributed by atoms with Crippen LogP contribution in [0, 0.1) is 11.8 Å². The number of ether oxygens (including phenoxy) is 1. The van der Waals surface area contributed by atoms with Gasteiger partial charge in [-0.1, -0.05) is 6.92 Å². The standard InChI is InChI=1S/C8H12O5/c1-4(7(10)11)6(5(2)9)8(12)13-3/h4,6H,1-3H3,(H,10,11). The van der Waals surface area contributed by atoms with E-state index in [4.69, 9.17) is 5.11 Å². The van der Waals surface area contributed by atoms with Crippen molar-refractivity contribution in [2.75, 3.05) is 7.11 Å². The van der Waals surface area contributed by atoms with Gasteiger partial charge < -0.3 is 9.84 Å². The number of rotatable bonds is 4. The molecule has 0 rings (SSSR count). The molecular formula is C8H12O5. The number of carbonyl (C=O) groups is 3. The van der Waals surface area contributed by atoms with Gasteiger partial charge in [0.15, 0.2) is 0 Å². The quantitative estimate of drug-likeness (QED) is 0.499. The first-order valence-electron chi connectivity index (χ1n) is 3.73. The Morgan fingerprint density at radius 3 is 2.00 bits per heavy atom. The van der Waals surface area contributed by atoms with E-state index in [1.54, 1.807) is 0 Å². The van der Waals surface area contributed by atoms with Crippen molar-refractivity contribution in [3.8, 4) is 0 Å². The Morgan fingerprint density at radius 1 is 1.31 bits per heavy atom. The number of hydrogen-bond acceptors (Lipinski definition) is 4. The van der Waals surface area contributed by atoms with E-state index < -0.39 is 29.6 Å². The van der Waals surface area contributed by atoms with Crippen LogP contribution in [-0.4, -0.2) is 29.9 Å². The molecule has 0 aliphatic carbocycles. The van der Waals surface area contributed by atoms with Gasteiger partial charge in [-0.2, -0.15) is 0 Å². The fourth-order valence-electron chi connectivity index (χ4n) is 0.992. The second-order valence-corrected chi connectivity index (χ2v) is 2.74. The molecule has 0 aromatic carbocycles. The van der Waals surface area contributed by atoms with Crippen molar-refractivity contribution < 1.29 is 24.2 Å². The number of esters is 1. The van der Waals surface area contributed by atoms with E-state index in [1.807, 2.05) is 0 Å². The lowest BCUT2D eigenvalue weighted by atomic mass is 9.91. The van der Waals surface area contributed by atoms with E-state index in [0.29, 0.717) is 0 Å². The van der Waals surface area contributed by atoms with E-state index in [1.165, 1.54) is 13.8 Å². The molecule has 2 atom stereocenters. The predicted molar refractivity (Wildman–Crippen MR) is 43.0 cm³/mol. The number of carboxylic acid groups (broad SMARTS) is 1. The molecule has 0 aromatic heterocycles. The van der Waals surface area contributed by atoms with Crippen molar-refractivity contribution in [3.05, 3.63) is 0 Å². The molecule has 0 fully saturated rings. The highest BCUT2D eigenvalue weighted by Gasteiger charge is 2.34. The maximum Gasteiger partial charge on any atom is 0.317 e. The van der Waals surface area contributed by atoms with Gasteiger partial charge in [0.25, 0.3) is 0 Å². The molecule has 0 radical (unpaired) electrons. The van der Waals surface area contributed by atoms with Crippen LogP contribution in [0.2, 0.25) is 0 Å². The Bertz CT molecular complexity index is 233. The first kappa shape index (κ1) is 11.6. The van der Waals surface area contributed by atoms with Crippen LogP contribution in [0.25, 0.3) is 0 Å². The fraction of sp³-hybridized carbons (Fsp3) is 0.625. The molecular weight excluding hydrogens is 176 g/mol. The summed E-state index contributed by atoms with van der Waals surface area (Å²) in [5, 5.41) is 8.59. The van der Waals surface area contributed by atoms with E-state index in [0.717, 1.165) is 7.11 Å². The van der Waals surface area contributed by atoms with Crippen molar-refractivity contribution in [1.29, 1.82) is 0 Å². The Kier molecular flexibility index (Phi) is 4.10. The van der Waals surface area contributed by atoms with E-state index in [9.17, 15) is 14.4 Å². The van der Waals surface area contributed by atoms with Gasteiger partial charge >= 0.3 is 11.9 Å². The molecule has 1 N–H and O–H groups in total. The summed E-state index contributed by atoms with van der Waals surface area (Å²) in [6, 6.07) is 0. The third-order valence-corrected chi connectivity index (χ3v) is 1.78. The molecule has 0 aromatic rings. The van der Waals surface area contributed by atoms with Crippen LogP contribution in [0.4, 0.5) is 0 Å². The first-order valence-corrected chi connectivity index (χ1v) is 3.73. The Hall–Kier alpha value is -1.39. The molecule has 0 saturated carbocycles. The average molecular weight is 188 g/mol. The third-order valence-electron chi connectivity index (χ3n) is 1.78. The van der Waals surface area contributed by atoms with Gasteiger partial charge in [-0.3, -0.25) is 14.4 Å². The lowest BCUT2D eigenvalue weighted by Gasteiger charge is -2.14. The Morgan fingerprint density at radius 2 is 1.77 bits per heavy atom. The van der Waals surface area contributed by atoms with Crippen LogP contribution in [0.3, 0.4) is 0 Å². The minimum Gasteiger partial charge on any atom is -0.481 e. The second kappa shape index (κ2) is 4.59. The molecule has 13 heavy (non-hydrogen) atoms. The monoisotopic (exact) mass is 188 g/mol. The molecule has 0 saturated heterocycles. The molecule has 0 heterocycles. The van der Waals surface area contributed by atoms with Gasteiger partial charge in [0.2, 0.25) is 0 Å². The van der Waals surface area contributed by atoms with Crippen molar-refractivity contribution >= 4 is 17.7 Å². The van der Waals surface area contributed by atoms with Gasteiger partial charge in [-0.15, -0.1) is 0 Å². The smallest absolute Gasteiger partial charge is 0.317 e. The van der Waals surface area contributed by atoms with Gasteiger partial charge in [-0.25, -0.2) is 0 Å². The minimum absolute atomic E-state index is 0.498. The van der Waals surface area contributed by atoms with Crippen LogP contribution in [-0.2, 0) is 19.1 Å². The fourth-order valence-corrected chi connectivity index (χ4v) is 0.992. The number of hydrogen-bond donors (Lipinski definition) is 1. The molecule has 0 spiro atoms. The lowest BCUT2D eigenvalue weighted by Crippen LogP contribution is -2.33. The highest BCUT2D eigenvalue weighted by molar-refractivity contribution is 6.01. The van der Waals surface area contributed by atoms with Crippen molar-refractivity contribution in [1.82, 2.24) is 0 Å². The summed E-state index contributed by atoms with van der Waals surface area (Å²) in [7, 11) is 1.12. The topological polar surface area (TPSA) is 80.7 Å². The summed E-state index contributed by atoms with van der Waals surface area (Å²) in [6.07, 6.45) is 0. The van der Waals surface area contributed by atoms with E-state index in [2.05, 4.69) is 4.74 Å². The van der Waals surface area contributed by atoms with Crippen LogP contribution in [0.15, 0.2) is 0 Å². The summed E-state index contributed by atoms with van der Waals surface area (Å²) in [6.45, 7) is 2.46. The number of methoxy groups -OCH3 is 1. The highest BCUT2D eigenvalue weighted by Crippen LogP contribution is 2.14. The second-order valence-electron chi connectivity index (χ2n) is 2.74. The predicted octanol–water partition coefficient (Wildman–Crippen LogP) is 0.0853. The lowest BCUT2D eigenvalue weighted by molar-refractivity contribution is -0.158. The number of aliphatic carboxylic acids is 1. The Balaban J connectivity index is 4.71. The van der Waals surface area contributed by atoms with Crippen molar-refractivity contribution in [3.63, 3.8) is 0 Å². The van der Waals surface area contributed by atoms with Crippen molar-refractivity contribution in [2.24, 2.45) is 11.8 Å². The largest absolute Gasteiger partial charge is 0.481 e. The summed E-state index contributed by atoms with van der Waals surface area (Å²) >= 11 is 0. The zero-order chi connectivity index (χ0) is 10.6. The van der Waals surface area contributed by atoms with Crippen LogP contribution in [0.5, 0.6) is 0 Å². The summed E-state index contributed by atoms with van der Waals surface area (Å²) < 4.78 is 4.32. The first-order chi connectivity index (χ1) is 5.91. The van der Waals surface area contributed by atoms with Crippen LogP contribution >= 0.6 is 0 Å². The third kappa shape index (κ3) is 2.85. The maximum absolute atomic E-state index is 11.0. The van der Waals surface area contributed by atoms with Crippen molar-refractivity contribution in [2.45, 2.75) is 13.8 Å². The zero-order valence-electron chi connectivity index (χ0n) is 7.73. The Labute approximate surface area is 75.7 Å². The molecule has 0 amide bonds. The summed E-state index contributed by atoms with van der Waals surface area (Å²) in [4.78, 5) is 32.4. The van der Waals surface area contributed by atoms with E-state index in [-0.39, 0.29) is 0 Å². The molecule has 2 unspecified atom stereocenters. The summed E-state index contributed by atoms with van der Waals surface area (Å²) in [5.41, 5.74) is 0. The molecule has 5 heteroatoms. The number of Topliss-reactive ketones (excluding diaryl/α,β-unsaturated/α-hetero) is 1. The molecule has 0 aliphatic heterocycles.